The number of hydrogen-bond acceptors (Lipinski definition) is 6. The summed E-state index contributed by atoms with van der Waals surface area (Å²) in [5.41, 5.74) is 2.50. The van der Waals surface area contributed by atoms with Crippen molar-refractivity contribution in [1.82, 2.24) is 9.97 Å². The van der Waals surface area contributed by atoms with E-state index in [1.54, 1.807) is 31.4 Å². The normalized spacial score (nSPS) is 12.7. The highest BCUT2D eigenvalue weighted by Gasteiger charge is 2.23. The number of fused-ring (bicyclic) bond motifs is 1. The second-order valence-corrected chi connectivity index (χ2v) is 6.80. The van der Waals surface area contributed by atoms with E-state index in [1.165, 1.54) is 11.1 Å². The first kappa shape index (κ1) is 19.4. The van der Waals surface area contributed by atoms with Crippen molar-refractivity contribution in [2.45, 2.75) is 6.42 Å². The Morgan fingerprint density at radius 2 is 2.10 bits per heavy atom. The van der Waals surface area contributed by atoms with Crippen LogP contribution in [-0.4, -0.2) is 42.0 Å². The summed E-state index contributed by atoms with van der Waals surface area (Å²) in [6.45, 7) is 0.672. The highest BCUT2D eigenvalue weighted by atomic mass is 16.5. The molecule has 0 fully saturated rings. The summed E-state index contributed by atoms with van der Waals surface area (Å²) >= 11 is 0. The molecule has 0 radical (unpaired) electrons. The molecule has 1 aliphatic heterocycles. The second kappa shape index (κ2) is 8.60. The topological polar surface area (TPSA) is 96.5 Å². The molecule has 0 saturated heterocycles. The Morgan fingerprint density at radius 1 is 1.20 bits per heavy atom. The lowest BCUT2D eigenvalue weighted by Crippen LogP contribution is -2.37. The molecule has 2 aromatic heterocycles. The molecule has 0 atom stereocenters. The summed E-state index contributed by atoms with van der Waals surface area (Å²) < 4.78 is 5.78. The van der Waals surface area contributed by atoms with Crippen molar-refractivity contribution in [3.63, 3.8) is 0 Å². The fourth-order valence-electron chi connectivity index (χ4n) is 3.07. The zero-order valence-electron chi connectivity index (χ0n) is 16.5. The molecule has 1 aliphatic rings. The number of likely N-dealkylation sites (N-methyl/N-ethyl adjacent to an activating group) is 1. The molecular formula is C22H21N5O3. The van der Waals surface area contributed by atoms with Crippen molar-refractivity contribution in [2.24, 2.45) is 0 Å². The van der Waals surface area contributed by atoms with E-state index >= 15 is 0 Å². The van der Waals surface area contributed by atoms with Crippen LogP contribution in [-0.2, 0) is 11.2 Å². The minimum absolute atomic E-state index is 0.0857. The average molecular weight is 403 g/mol. The van der Waals surface area contributed by atoms with Gasteiger partial charge in [-0.25, -0.2) is 4.98 Å². The molecule has 0 aliphatic carbocycles. The monoisotopic (exact) mass is 403 g/mol. The number of pyridine rings is 2. The van der Waals surface area contributed by atoms with E-state index in [1.807, 2.05) is 30.3 Å². The largest absolute Gasteiger partial charge is 0.493 e. The van der Waals surface area contributed by atoms with Crippen LogP contribution in [0, 0.1) is 0 Å². The molecule has 2 amide bonds. The molecule has 3 aromatic rings. The highest BCUT2D eigenvalue weighted by molar-refractivity contribution is 6.07. The van der Waals surface area contributed by atoms with Gasteiger partial charge in [0.05, 0.1) is 24.4 Å². The van der Waals surface area contributed by atoms with Gasteiger partial charge in [-0.2, -0.15) is 0 Å². The quantitative estimate of drug-likeness (QED) is 0.657. The summed E-state index contributed by atoms with van der Waals surface area (Å²) in [6.07, 6.45) is 3.93. The Balaban J connectivity index is 1.40. The fourth-order valence-corrected chi connectivity index (χ4v) is 3.07. The number of hydrogen-bond donors (Lipinski definition) is 2. The van der Waals surface area contributed by atoms with Gasteiger partial charge in [0.1, 0.15) is 11.6 Å². The summed E-state index contributed by atoms with van der Waals surface area (Å²) in [6, 6.07) is 14.6. The number of nitrogens with one attached hydrogen (secondary N) is 2. The Morgan fingerprint density at radius 3 is 2.93 bits per heavy atom. The number of nitrogens with zero attached hydrogens (tertiary/aromatic N) is 3. The third-order valence-electron chi connectivity index (χ3n) is 4.72. The minimum atomic E-state index is -0.317. The van der Waals surface area contributed by atoms with Gasteiger partial charge in [-0.05, 0) is 30.3 Å². The maximum Gasteiger partial charge on any atom is 0.257 e. The molecule has 30 heavy (non-hydrogen) atoms. The van der Waals surface area contributed by atoms with Crippen LogP contribution < -0.4 is 20.3 Å². The number of amides is 2. The van der Waals surface area contributed by atoms with Crippen LogP contribution >= 0.6 is 0 Å². The van der Waals surface area contributed by atoms with Crippen molar-refractivity contribution >= 4 is 29.0 Å². The molecule has 8 heteroatoms. The SMILES string of the molecule is CN1C(=O)CNc2ncc(C(=O)Nc3cccc(OCCc4ccccn4)c3)cc21. The van der Waals surface area contributed by atoms with Crippen LogP contribution in [0.4, 0.5) is 17.2 Å². The van der Waals surface area contributed by atoms with E-state index in [0.717, 1.165) is 5.69 Å². The van der Waals surface area contributed by atoms with E-state index in [0.29, 0.717) is 41.5 Å². The molecule has 0 unspecified atom stereocenters. The number of ether oxygens (including phenoxy) is 1. The van der Waals surface area contributed by atoms with Gasteiger partial charge in [0, 0.05) is 43.3 Å². The van der Waals surface area contributed by atoms with Gasteiger partial charge in [-0.15, -0.1) is 0 Å². The lowest BCUT2D eigenvalue weighted by atomic mass is 10.2. The highest BCUT2D eigenvalue weighted by Crippen LogP contribution is 2.27. The number of anilines is 3. The zero-order valence-corrected chi connectivity index (χ0v) is 16.5. The van der Waals surface area contributed by atoms with Gasteiger partial charge < -0.3 is 20.3 Å². The molecule has 3 heterocycles. The molecule has 4 rings (SSSR count). The number of benzene rings is 1. The number of rotatable bonds is 6. The van der Waals surface area contributed by atoms with Gasteiger partial charge in [0.25, 0.3) is 5.91 Å². The Bertz CT molecular complexity index is 1070. The van der Waals surface area contributed by atoms with Crippen molar-refractivity contribution in [3.8, 4) is 5.75 Å². The summed E-state index contributed by atoms with van der Waals surface area (Å²) in [5, 5.41) is 5.79. The van der Waals surface area contributed by atoms with Gasteiger partial charge in [-0.3, -0.25) is 14.6 Å². The van der Waals surface area contributed by atoms with Crippen LogP contribution in [0.1, 0.15) is 16.1 Å². The molecule has 1 aromatic carbocycles. The summed E-state index contributed by atoms with van der Waals surface area (Å²) in [5.74, 6) is 0.832. The van der Waals surface area contributed by atoms with Crippen LogP contribution in [0.15, 0.2) is 60.9 Å². The van der Waals surface area contributed by atoms with Crippen LogP contribution in [0.2, 0.25) is 0 Å². The predicted octanol–water partition coefficient (Wildman–Crippen LogP) is 2.74. The first-order valence-electron chi connectivity index (χ1n) is 9.55. The summed E-state index contributed by atoms with van der Waals surface area (Å²) in [7, 11) is 1.66. The van der Waals surface area contributed by atoms with Crippen LogP contribution in [0.5, 0.6) is 5.75 Å². The number of aromatic nitrogens is 2. The molecule has 0 bridgehead atoms. The van der Waals surface area contributed by atoms with Crippen molar-refractivity contribution < 1.29 is 14.3 Å². The van der Waals surface area contributed by atoms with E-state index in [-0.39, 0.29) is 18.4 Å². The standard InChI is InChI=1S/C22H21N5O3/c1-27-19-11-15(13-24-21(19)25-14-20(27)28)22(29)26-17-6-4-7-18(12-17)30-10-8-16-5-2-3-9-23-16/h2-7,9,11-13H,8,10,14H2,1H3,(H,24,25)(H,26,29). The lowest BCUT2D eigenvalue weighted by Gasteiger charge is -2.26. The van der Waals surface area contributed by atoms with Crippen LogP contribution in [0.25, 0.3) is 0 Å². The van der Waals surface area contributed by atoms with Crippen molar-refractivity contribution in [3.05, 3.63) is 72.2 Å². The van der Waals surface area contributed by atoms with E-state index in [4.69, 9.17) is 4.74 Å². The Hall–Kier alpha value is -3.94. The molecule has 8 nitrogen and oxygen atoms in total. The predicted molar refractivity (Wildman–Crippen MR) is 114 cm³/mol. The Kier molecular flexibility index (Phi) is 5.56. The third kappa shape index (κ3) is 4.38. The first-order chi connectivity index (χ1) is 14.6. The molecular weight excluding hydrogens is 382 g/mol. The fraction of sp³-hybridized carbons (Fsp3) is 0.182. The van der Waals surface area contributed by atoms with Crippen molar-refractivity contribution in [1.29, 1.82) is 0 Å². The number of carbonyl (C=O) groups is 2. The maximum absolute atomic E-state index is 12.7. The average Bonchev–Trinajstić information content (AvgIpc) is 2.77. The molecule has 152 valence electrons. The van der Waals surface area contributed by atoms with Gasteiger partial charge in [0.15, 0.2) is 0 Å². The maximum atomic E-state index is 12.7. The molecule has 0 saturated carbocycles. The number of carbonyl (C=O) groups excluding carboxylic acids is 2. The van der Waals surface area contributed by atoms with E-state index in [9.17, 15) is 9.59 Å². The molecule has 2 N–H and O–H groups in total. The van der Waals surface area contributed by atoms with E-state index in [2.05, 4.69) is 20.6 Å². The smallest absolute Gasteiger partial charge is 0.257 e. The lowest BCUT2D eigenvalue weighted by molar-refractivity contribution is -0.116. The zero-order chi connectivity index (χ0) is 20.9. The van der Waals surface area contributed by atoms with E-state index < -0.39 is 0 Å². The van der Waals surface area contributed by atoms with Gasteiger partial charge in [0.2, 0.25) is 5.91 Å². The minimum Gasteiger partial charge on any atom is -0.493 e. The van der Waals surface area contributed by atoms with Crippen LogP contribution in [0.3, 0.4) is 0 Å². The third-order valence-corrected chi connectivity index (χ3v) is 4.72. The van der Waals surface area contributed by atoms with Gasteiger partial charge >= 0.3 is 0 Å². The molecule has 0 spiro atoms. The first-order valence-corrected chi connectivity index (χ1v) is 9.55. The van der Waals surface area contributed by atoms with Crippen molar-refractivity contribution in [2.75, 3.05) is 35.7 Å². The van der Waals surface area contributed by atoms with Gasteiger partial charge in [-0.1, -0.05) is 12.1 Å². The summed E-state index contributed by atoms with van der Waals surface area (Å²) in [4.78, 5) is 34.6. The Labute approximate surface area is 173 Å². The second-order valence-electron chi connectivity index (χ2n) is 6.80.